The van der Waals surface area contributed by atoms with E-state index in [1.165, 1.54) is 19.2 Å². The number of ether oxygens (including phenoxy) is 1. The normalized spacial score (nSPS) is 11.0. The highest BCUT2D eigenvalue weighted by molar-refractivity contribution is 7.92. The predicted molar refractivity (Wildman–Crippen MR) is 91.0 cm³/mol. The van der Waals surface area contributed by atoms with Crippen LogP contribution in [0, 0.1) is 6.92 Å². The quantitative estimate of drug-likeness (QED) is 0.463. The lowest BCUT2D eigenvalue weighted by Gasteiger charge is -2.25. The Hall–Kier alpha value is -2.58. The molecule has 3 N–H and O–H groups in total. The highest BCUT2D eigenvalue weighted by Gasteiger charge is 2.29. The van der Waals surface area contributed by atoms with Crippen molar-refractivity contribution in [3.8, 4) is 5.75 Å². The minimum atomic E-state index is -3.97. The molecule has 2 rings (SSSR count). The Morgan fingerprint density at radius 2 is 1.79 bits per heavy atom. The topological polar surface area (TPSA) is 102 Å². The molecule has 7 nitrogen and oxygen atoms in total. The van der Waals surface area contributed by atoms with Crippen molar-refractivity contribution in [2.45, 2.75) is 11.8 Å². The molecule has 2 aromatic rings. The molecule has 1 amide bonds. The number of sulfonamides is 1. The maximum absolute atomic E-state index is 13.0. The van der Waals surface area contributed by atoms with Crippen LogP contribution in [0.5, 0.6) is 5.75 Å². The molecule has 0 atom stereocenters. The van der Waals surface area contributed by atoms with Gasteiger partial charge < -0.3 is 4.74 Å². The number of carbonyl (C=O) groups excluding carboxylic acids is 1. The minimum Gasteiger partial charge on any atom is -0.495 e. The Labute approximate surface area is 141 Å². The second-order valence-corrected chi connectivity index (χ2v) is 6.93. The van der Waals surface area contributed by atoms with Crippen molar-refractivity contribution in [3.63, 3.8) is 0 Å². The fourth-order valence-corrected chi connectivity index (χ4v) is 3.58. The molecule has 8 heteroatoms. The first-order valence-electron chi connectivity index (χ1n) is 7.12. The summed E-state index contributed by atoms with van der Waals surface area (Å²) in [5.41, 5.74) is 3.13. The highest BCUT2D eigenvalue weighted by Crippen LogP contribution is 2.32. The maximum Gasteiger partial charge on any atom is 0.264 e. The molecule has 0 aliphatic rings. The Bertz CT molecular complexity index is 819. The van der Waals surface area contributed by atoms with E-state index in [0.717, 1.165) is 9.87 Å². The van der Waals surface area contributed by atoms with Gasteiger partial charge in [0.25, 0.3) is 15.9 Å². The summed E-state index contributed by atoms with van der Waals surface area (Å²) in [6, 6.07) is 12.9. The van der Waals surface area contributed by atoms with Gasteiger partial charge in [0, 0.05) is 0 Å². The van der Waals surface area contributed by atoms with Crippen LogP contribution in [0.25, 0.3) is 0 Å². The summed E-state index contributed by atoms with van der Waals surface area (Å²) in [6.07, 6.45) is 0. The average molecular weight is 349 g/mol. The maximum atomic E-state index is 13.0. The van der Waals surface area contributed by atoms with Crippen molar-refractivity contribution < 1.29 is 17.9 Å². The number of methoxy groups -OCH3 is 1. The van der Waals surface area contributed by atoms with Crippen LogP contribution in [-0.2, 0) is 14.8 Å². The summed E-state index contributed by atoms with van der Waals surface area (Å²) in [6.45, 7) is 1.39. The van der Waals surface area contributed by atoms with Crippen LogP contribution in [0.15, 0.2) is 53.4 Å². The van der Waals surface area contributed by atoms with E-state index in [4.69, 9.17) is 10.6 Å². The second kappa shape index (κ2) is 7.33. The molecule has 0 heterocycles. The number of nitrogens with one attached hydrogen (secondary N) is 1. The molecule has 0 saturated carbocycles. The molecule has 0 bridgehead atoms. The van der Waals surface area contributed by atoms with Gasteiger partial charge in [0.15, 0.2) is 0 Å². The highest BCUT2D eigenvalue weighted by atomic mass is 32.2. The third kappa shape index (κ3) is 3.66. The number of benzene rings is 2. The monoisotopic (exact) mass is 349 g/mol. The number of carbonyl (C=O) groups is 1. The molecular weight excluding hydrogens is 330 g/mol. The number of amides is 1. The van der Waals surface area contributed by atoms with Gasteiger partial charge in [-0.1, -0.05) is 29.8 Å². The van der Waals surface area contributed by atoms with Gasteiger partial charge >= 0.3 is 0 Å². The zero-order valence-corrected chi connectivity index (χ0v) is 14.2. The molecule has 2 aromatic carbocycles. The lowest BCUT2D eigenvalue weighted by molar-refractivity contribution is -0.119. The van der Waals surface area contributed by atoms with E-state index >= 15 is 0 Å². The Morgan fingerprint density at radius 3 is 2.38 bits per heavy atom. The smallest absolute Gasteiger partial charge is 0.264 e. The van der Waals surface area contributed by atoms with Gasteiger partial charge in [-0.05, 0) is 31.2 Å². The fraction of sp³-hybridized carbons (Fsp3) is 0.188. The van der Waals surface area contributed by atoms with Gasteiger partial charge in [0.05, 0.1) is 17.7 Å². The molecule has 0 fully saturated rings. The SMILES string of the molecule is COc1ccccc1N(CC(=O)NN)S(=O)(=O)c1ccc(C)cc1. The van der Waals surface area contributed by atoms with Crippen molar-refractivity contribution in [2.75, 3.05) is 18.0 Å². The summed E-state index contributed by atoms with van der Waals surface area (Å²) < 4.78 is 32.2. The molecule has 0 radical (unpaired) electrons. The molecule has 24 heavy (non-hydrogen) atoms. The first kappa shape index (κ1) is 17.8. The van der Waals surface area contributed by atoms with E-state index in [1.807, 2.05) is 12.3 Å². The van der Waals surface area contributed by atoms with Gasteiger partial charge in [0.1, 0.15) is 12.3 Å². The van der Waals surface area contributed by atoms with Gasteiger partial charge in [-0.2, -0.15) is 0 Å². The molecule has 128 valence electrons. The number of nitrogens with two attached hydrogens (primary N) is 1. The molecule has 0 aliphatic heterocycles. The number of hydrogen-bond acceptors (Lipinski definition) is 5. The van der Waals surface area contributed by atoms with Crippen LogP contribution in [0.1, 0.15) is 5.56 Å². The fourth-order valence-electron chi connectivity index (χ4n) is 2.15. The van der Waals surface area contributed by atoms with E-state index in [1.54, 1.807) is 36.4 Å². The number of aryl methyl sites for hydroxylation is 1. The number of nitrogens with zero attached hydrogens (tertiary/aromatic N) is 1. The molecule has 0 aliphatic carbocycles. The van der Waals surface area contributed by atoms with E-state index < -0.39 is 22.5 Å². The molecule has 0 saturated heterocycles. The van der Waals surface area contributed by atoms with Crippen LogP contribution in [0.4, 0.5) is 5.69 Å². The second-order valence-electron chi connectivity index (χ2n) is 5.06. The zero-order valence-electron chi connectivity index (χ0n) is 13.4. The third-order valence-electron chi connectivity index (χ3n) is 3.41. The molecular formula is C16H19N3O4S. The van der Waals surface area contributed by atoms with E-state index in [0.29, 0.717) is 5.75 Å². The number of rotatable bonds is 6. The lowest BCUT2D eigenvalue weighted by Crippen LogP contribution is -2.43. The summed E-state index contributed by atoms with van der Waals surface area (Å²) in [5.74, 6) is 4.81. The minimum absolute atomic E-state index is 0.0730. The van der Waals surface area contributed by atoms with Crippen molar-refractivity contribution in [1.82, 2.24) is 5.43 Å². The predicted octanol–water partition coefficient (Wildman–Crippen LogP) is 1.19. The first-order chi connectivity index (χ1) is 11.4. The number of hydrazine groups is 1. The standard InChI is InChI=1S/C16H19N3O4S/c1-12-7-9-13(10-8-12)24(21,22)19(11-16(20)18-17)14-5-3-4-6-15(14)23-2/h3-10H,11,17H2,1-2H3,(H,18,20). The van der Waals surface area contributed by atoms with Gasteiger partial charge in [-0.3, -0.25) is 14.5 Å². The zero-order chi connectivity index (χ0) is 17.7. The Balaban J connectivity index is 2.57. The van der Waals surface area contributed by atoms with E-state index in [2.05, 4.69) is 0 Å². The van der Waals surface area contributed by atoms with Crippen LogP contribution < -0.4 is 20.3 Å². The summed E-state index contributed by atoms with van der Waals surface area (Å²) in [5, 5.41) is 0. The van der Waals surface area contributed by atoms with Crippen LogP contribution >= 0.6 is 0 Å². The van der Waals surface area contributed by atoms with Gasteiger partial charge in [-0.25, -0.2) is 14.3 Å². The van der Waals surface area contributed by atoms with Gasteiger partial charge in [0.2, 0.25) is 0 Å². The molecule has 0 aromatic heterocycles. The van der Waals surface area contributed by atoms with Crippen LogP contribution in [0.3, 0.4) is 0 Å². The van der Waals surface area contributed by atoms with Crippen LogP contribution in [-0.4, -0.2) is 28.0 Å². The third-order valence-corrected chi connectivity index (χ3v) is 5.19. The van der Waals surface area contributed by atoms with Crippen molar-refractivity contribution in [1.29, 1.82) is 0 Å². The van der Waals surface area contributed by atoms with Crippen molar-refractivity contribution in [2.24, 2.45) is 5.84 Å². The van der Waals surface area contributed by atoms with Crippen molar-refractivity contribution in [3.05, 3.63) is 54.1 Å². The molecule has 0 unspecified atom stereocenters. The number of anilines is 1. The van der Waals surface area contributed by atoms with E-state index in [9.17, 15) is 13.2 Å². The lowest BCUT2D eigenvalue weighted by atomic mass is 10.2. The Kier molecular flexibility index (Phi) is 5.42. The number of hydrogen-bond donors (Lipinski definition) is 2. The summed E-state index contributed by atoms with van der Waals surface area (Å²) >= 11 is 0. The molecule has 0 spiro atoms. The van der Waals surface area contributed by atoms with E-state index in [-0.39, 0.29) is 10.6 Å². The Morgan fingerprint density at radius 1 is 1.17 bits per heavy atom. The first-order valence-corrected chi connectivity index (χ1v) is 8.56. The van der Waals surface area contributed by atoms with Crippen molar-refractivity contribution >= 4 is 21.6 Å². The summed E-state index contributed by atoms with van der Waals surface area (Å²) in [7, 11) is -2.54. The van der Waals surface area contributed by atoms with Gasteiger partial charge in [-0.15, -0.1) is 0 Å². The number of para-hydroxylation sites is 2. The largest absolute Gasteiger partial charge is 0.495 e. The average Bonchev–Trinajstić information content (AvgIpc) is 2.59. The van der Waals surface area contributed by atoms with Crippen LogP contribution in [0.2, 0.25) is 0 Å². The summed E-state index contributed by atoms with van der Waals surface area (Å²) in [4.78, 5) is 11.8.